The van der Waals surface area contributed by atoms with E-state index in [0.717, 1.165) is 0 Å². The molecule has 0 heterocycles. The summed E-state index contributed by atoms with van der Waals surface area (Å²) in [5.41, 5.74) is 5.81. The Balaban J connectivity index is -0.0000000612. The van der Waals surface area contributed by atoms with Crippen LogP contribution in [0.4, 0.5) is 0 Å². The fourth-order valence-electron chi connectivity index (χ4n) is 0.628. The van der Waals surface area contributed by atoms with Crippen LogP contribution in [0.2, 0.25) is 0 Å². The van der Waals surface area contributed by atoms with Crippen LogP contribution in [0.5, 0.6) is 0 Å². The Bertz CT molecular complexity index is 477. The highest BCUT2D eigenvalue weighted by atomic mass is 16.5. The second-order valence-electron chi connectivity index (χ2n) is 3.68. The standard InChI is InChI=1S/C7H9NO3.C6H11NO2.CO2.2CH4.H2O/c1-6(2)7(10)11-4-3-8-5-9;1-5(2)6(8)9-4-3-7;2-1-3;;;/h1,3-4H2,2H3;1,3-4,7H2,2H3;;2*1H4;1H2. The molecule has 0 saturated carbocycles. The topological polar surface area (TPSA) is 174 Å². The van der Waals surface area contributed by atoms with Gasteiger partial charge in [-0.1, -0.05) is 28.0 Å². The number of hydrogen-bond acceptors (Lipinski definition) is 9. The maximum atomic E-state index is 10.6. The molecular formula is C16H30N2O8. The summed E-state index contributed by atoms with van der Waals surface area (Å²) in [5.74, 6) is -0.841. The van der Waals surface area contributed by atoms with Crippen LogP contribution in [-0.4, -0.2) is 55.9 Å². The molecule has 0 rings (SSSR count). The molecule has 0 aliphatic carbocycles. The van der Waals surface area contributed by atoms with Gasteiger partial charge in [-0.3, -0.25) is 0 Å². The Morgan fingerprint density at radius 1 is 0.962 bits per heavy atom. The van der Waals surface area contributed by atoms with E-state index in [9.17, 15) is 14.4 Å². The molecule has 26 heavy (non-hydrogen) atoms. The van der Waals surface area contributed by atoms with Gasteiger partial charge in [0.15, 0.2) is 0 Å². The summed E-state index contributed by atoms with van der Waals surface area (Å²) < 4.78 is 9.18. The number of rotatable bonds is 7. The largest absolute Gasteiger partial charge is 0.461 e. The van der Waals surface area contributed by atoms with E-state index in [1.54, 1.807) is 13.8 Å². The quantitative estimate of drug-likeness (QED) is 0.217. The molecule has 0 atom stereocenters. The molecule has 0 aromatic heterocycles. The van der Waals surface area contributed by atoms with Gasteiger partial charge in [0.25, 0.3) is 0 Å². The molecule has 0 aliphatic heterocycles. The molecule has 10 nitrogen and oxygen atoms in total. The number of nitrogens with zero attached hydrogens (tertiary/aromatic N) is 1. The Hall–Kier alpha value is -2.90. The van der Waals surface area contributed by atoms with E-state index in [-0.39, 0.29) is 52.2 Å². The average molecular weight is 378 g/mol. The first-order valence-corrected chi connectivity index (χ1v) is 6.16. The highest BCUT2D eigenvalue weighted by Crippen LogP contribution is 1.91. The zero-order valence-corrected chi connectivity index (χ0v) is 13.6. The second kappa shape index (κ2) is 30.0. The zero-order valence-electron chi connectivity index (χ0n) is 13.6. The molecule has 0 aromatic carbocycles. The van der Waals surface area contributed by atoms with E-state index in [1.807, 2.05) is 0 Å². The molecule has 0 fully saturated rings. The van der Waals surface area contributed by atoms with Gasteiger partial charge in [-0.25, -0.2) is 19.4 Å². The first-order chi connectivity index (χ1) is 10.8. The lowest BCUT2D eigenvalue weighted by Crippen LogP contribution is -2.13. The molecule has 0 radical (unpaired) electrons. The zero-order chi connectivity index (χ0) is 18.7. The number of isocyanates is 1. The lowest BCUT2D eigenvalue weighted by molar-refractivity contribution is -0.191. The molecule has 152 valence electrons. The summed E-state index contributed by atoms with van der Waals surface area (Å²) in [7, 11) is 0. The van der Waals surface area contributed by atoms with E-state index in [1.165, 1.54) is 6.08 Å². The molecular weight excluding hydrogens is 348 g/mol. The lowest BCUT2D eigenvalue weighted by Gasteiger charge is -1.99. The minimum Gasteiger partial charge on any atom is -0.461 e. The van der Waals surface area contributed by atoms with Gasteiger partial charge in [0.1, 0.15) is 13.2 Å². The summed E-state index contributed by atoms with van der Waals surface area (Å²) in [6.45, 7) is 10.8. The van der Waals surface area contributed by atoms with Crippen molar-refractivity contribution in [2.75, 3.05) is 26.3 Å². The van der Waals surface area contributed by atoms with Gasteiger partial charge in [-0.05, 0) is 13.8 Å². The summed E-state index contributed by atoms with van der Waals surface area (Å²) >= 11 is 0. The van der Waals surface area contributed by atoms with Crippen molar-refractivity contribution in [2.45, 2.75) is 28.7 Å². The van der Waals surface area contributed by atoms with Crippen LogP contribution in [0.15, 0.2) is 29.3 Å². The van der Waals surface area contributed by atoms with Crippen LogP contribution in [0.1, 0.15) is 28.7 Å². The Morgan fingerprint density at radius 2 is 1.31 bits per heavy atom. The monoisotopic (exact) mass is 378 g/mol. The first kappa shape index (κ1) is 38.6. The number of nitrogens with two attached hydrogens (primary N) is 1. The fourth-order valence-corrected chi connectivity index (χ4v) is 0.628. The molecule has 0 aromatic rings. The van der Waals surface area contributed by atoms with Crippen molar-refractivity contribution in [3.63, 3.8) is 0 Å². The van der Waals surface area contributed by atoms with Crippen molar-refractivity contribution in [2.24, 2.45) is 10.7 Å². The van der Waals surface area contributed by atoms with E-state index in [4.69, 9.17) is 15.3 Å². The van der Waals surface area contributed by atoms with Gasteiger partial charge in [0.05, 0.1) is 6.54 Å². The van der Waals surface area contributed by atoms with Crippen LogP contribution < -0.4 is 5.73 Å². The second-order valence-corrected chi connectivity index (χ2v) is 3.68. The summed E-state index contributed by atoms with van der Waals surface area (Å²) in [5, 5.41) is 0. The lowest BCUT2D eigenvalue weighted by atomic mass is 10.4. The predicted molar refractivity (Wildman–Crippen MR) is 95.7 cm³/mol. The van der Waals surface area contributed by atoms with Crippen LogP contribution >= 0.6 is 0 Å². The van der Waals surface area contributed by atoms with Gasteiger partial charge in [-0.15, -0.1) is 0 Å². The van der Waals surface area contributed by atoms with E-state index >= 15 is 0 Å². The fraction of sp³-hybridized carbons (Fsp3) is 0.500. The van der Waals surface area contributed by atoms with Gasteiger partial charge >= 0.3 is 18.1 Å². The smallest absolute Gasteiger partial charge is 0.373 e. The number of hydrogen-bond donors (Lipinski definition) is 1. The summed E-state index contributed by atoms with van der Waals surface area (Å²) in [6.07, 6.45) is 1.58. The van der Waals surface area contributed by atoms with Gasteiger partial charge in [-0.2, -0.15) is 9.59 Å². The Labute approximate surface area is 154 Å². The normalized spacial score (nSPS) is 6.73. The number of carbonyl (C=O) groups is 2. The highest BCUT2D eigenvalue weighted by molar-refractivity contribution is 5.87. The molecule has 0 unspecified atom stereocenters. The van der Waals surface area contributed by atoms with Gasteiger partial charge < -0.3 is 20.7 Å². The Kier molecular flexibility index (Phi) is 44.6. The van der Waals surface area contributed by atoms with Crippen LogP contribution in [-0.2, 0) is 33.4 Å². The van der Waals surface area contributed by atoms with Crippen molar-refractivity contribution in [1.82, 2.24) is 0 Å². The van der Waals surface area contributed by atoms with Crippen molar-refractivity contribution >= 4 is 24.2 Å². The van der Waals surface area contributed by atoms with Crippen LogP contribution in [0, 0.1) is 0 Å². The summed E-state index contributed by atoms with van der Waals surface area (Å²) in [4.78, 5) is 50.1. The molecule has 0 bridgehead atoms. The van der Waals surface area contributed by atoms with E-state index < -0.39 is 5.97 Å². The van der Waals surface area contributed by atoms with Crippen molar-refractivity contribution in [3.05, 3.63) is 24.3 Å². The van der Waals surface area contributed by atoms with Crippen LogP contribution in [0.3, 0.4) is 0 Å². The maximum Gasteiger partial charge on any atom is 0.373 e. The third-order valence-corrected chi connectivity index (χ3v) is 1.55. The molecule has 0 aliphatic rings. The number of carbonyl (C=O) groups excluding carboxylic acids is 5. The van der Waals surface area contributed by atoms with Crippen molar-refractivity contribution < 1.29 is 38.9 Å². The maximum absolute atomic E-state index is 10.6. The molecule has 0 spiro atoms. The van der Waals surface area contributed by atoms with E-state index in [0.29, 0.717) is 17.7 Å². The predicted octanol–water partition coefficient (Wildman–Crippen LogP) is 0.370. The average Bonchev–Trinajstić information content (AvgIpc) is 2.50. The molecule has 0 saturated heterocycles. The number of aliphatic imine (C=N–C) groups is 1. The highest BCUT2D eigenvalue weighted by Gasteiger charge is 2.00. The minimum absolute atomic E-state index is 0. The molecule has 0 amide bonds. The molecule has 4 N–H and O–H groups in total. The molecule has 10 heteroatoms. The van der Waals surface area contributed by atoms with E-state index in [2.05, 4.69) is 27.6 Å². The summed E-state index contributed by atoms with van der Waals surface area (Å²) in [6, 6.07) is 0. The van der Waals surface area contributed by atoms with Crippen molar-refractivity contribution in [3.8, 4) is 0 Å². The van der Waals surface area contributed by atoms with Gasteiger partial charge in [0.2, 0.25) is 6.08 Å². The minimum atomic E-state index is -0.467. The third kappa shape index (κ3) is 37.4. The third-order valence-electron chi connectivity index (χ3n) is 1.55. The Morgan fingerprint density at radius 3 is 1.58 bits per heavy atom. The van der Waals surface area contributed by atoms with Crippen molar-refractivity contribution in [1.29, 1.82) is 0 Å². The first-order valence-electron chi connectivity index (χ1n) is 6.16. The SMILES string of the molecule is C.C.C=C(C)C(=O)OCCN.C=C(C)C(=O)OCCN=C=O.O.O=C=O. The van der Waals surface area contributed by atoms with Crippen LogP contribution in [0.25, 0.3) is 0 Å². The number of ether oxygens (including phenoxy) is 2. The van der Waals surface area contributed by atoms with Gasteiger partial charge in [0, 0.05) is 17.7 Å². The number of esters is 2.